The molecule has 0 radical (unpaired) electrons. The van der Waals surface area contributed by atoms with Crippen LogP contribution in [-0.2, 0) is 14.4 Å². The van der Waals surface area contributed by atoms with Crippen LogP contribution in [0.1, 0.15) is 40.5 Å². The van der Waals surface area contributed by atoms with Gasteiger partial charge in [0.1, 0.15) is 35.8 Å². The van der Waals surface area contributed by atoms with E-state index < -0.39 is 35.3 Å². The fraction of sp³-hybridized carbons (Fsp3) is 0.433. The first kappa shape index (κ1) is 34.9. The van der Waals surface area contributed by atoms with Crippen molar-refractivity contribution in [3.8, 4) is 5.75 Å². The molecule has 1 aliphatic heterocycles. The molecule has 3 aromatic rings. The second kappa shape index (κ2) is 14.5. The van der Waals surface area contributed by atoms with Gasteiger partial charge in [0, 0.05) is 22.5 Å². The molecule has 0 aliphatic carbocycles. The first-order chi connectivity index (χ1) is 20.3. The number of carbonyl (C=O) groups is 3. The zero-order valence-electron chi connectivity index (χ0n) is 25.5. The Hall–Kier alpha value is -3.55. The molecule has 0 saturated carbocycles. The summed E-state index contributed by atoms with van der Waals surface area (Å²) in [6.45, 7) is 7.72. The fourth-order valence-corrected chi connectivity index (χ4v) is 5.23. The molecule has 3 atom stereocenters. The lowest BCUT2D eigenvalue weighted by Crippen LogP contribution is -2.59. The number of nitrogens with zero attached hydrogens (tertiary/aromatic N) is 3. The van der Waals surface area contributed by atoms with E-state index in [2.05, 4.69) is 47.2 Å². The molecular formula is C30H38BrClFN7O4. The summed E-state index contributed by atoms with van der Waals surface area (Å²) in [5, 5.41) is 12.2. The van der Waals surface area contributed by atoms with Crippen molar-refractivity contribution in [2.75, 3.05) is 31.3 Å². The number of fused-ring (bicyclic) bond motifs is 1. The Morgan fingerprint density at radius 2 is 1.86 bits per heavy atom. The molecule has 238 valence electrons. The number of carbonyl (C=O) groups excluding carboxylic acids is 3. The normalized spacial score (nSPS) is 16.1. The van der Waals surface area contributed by atoms with E-state index in [9.17, 15) is 18.8 Å². The summed E-state index contributed by atoms with van der Waals surface area (Å²) < 4.78 is 20.7. The number of hydrogen-bond acceptors (Lipinski definition) is 8. The van der Waals surface area contributed by atoms with Gasteiger partial charge in [-0.2, -0.15) is 0 Å². The topological polar surface area (TPSA) is 138 Å². The SMILES string of the molecule is CNC(C)C(=O)NC(C(=O)N1CCCC1C(=O)Nc1cc2c(Nc3ccc(Br)cc3F)ncnc2cc1OC)C(C)(C)C.Cl. The van der Waals surface area contributed by atoms with Crippen molar-refractivity contribution >= 4 is 74.2 Å². The van der Waals surface area contributed by atoms with E-state index in [1.54, 1.807) is 38.2 Å². The van der Waals surface area contributed by atoms with E-state index in [4.69, 9.17) is 4.74 Å². The summed E-state index contributed by atoms with van der Waals surface area (Å²) in [6, 6.07) is 5.87. The summed E-state index contributed by atoms with van der Waals surface area (Å²) in [5.74, 6) is -0.787. The highest BCUT2D eigenvalue weighted by Crippen LogP contribution is 2.35. The number of halogens is 3. The molecule has 11 nitrogen and oxygen atoms in total. The summed E-state index contributed by atoms with van der Waals surface area (Å²) in [6.07, 6.45) is 2.45. The Morgan fingerprint density at radius 1 is 1.14 bits per heavy atom. The predicted molar refractivity (Wildman–Crippen MR) is 174 cm³/mol. The Kier molecular flexibility index (Phi) is 11.5. The minimum atomic E-state index is -0.829. The number of aromatic nitrogens is 2. The van der Waals surface area contributed by atoms with Gasteiger partial charge in [-0.15, -0.1) is 12.4 Å². The fourth-order valence-electron chi connectivity index (χ4n) is 4.90. The first-order valence-corrected chi connectivity index (χ1v) is 14.8. The molecule has 2 aromatic carbocycles. The zero-order chi connectivity index (χ0) is 31.5. The van der Waals surface area contributed by atoms with Gasteiger partial charge in [-0.05, 0) is 56.5 Å². The lowest BCUT2D eigenvalue weighted by molar-refractivity contribution is -0.143. The second-order valence-corrected chi connectivity index (χ2v) is 12.5. The van der Waals surface area contributed by atoms with Crippen molar-refractivity contribution in [2.24, 2.45) is 5.41 Å². The monoisotopic (exact) mass is 693 g/mol. The number of hydrogen-bond donors (Lipinski definition) is 4. The molecule has 0 bridgehead atoms. The van der Waals surface area contributed by atoms with Gasteiger partial charge < -0.3 is 30.9 Å². The highest BCUT2D eigenvalue weighted by molar-refractivity contribution is 9.10. The van der Waals surface area contributed by atoms with Gasteiger partial charge in [0.2, 0.25) is 17.7 Å². The van der Waals surface area contributed by atoms with Crippen LogP contribution < -0.4 is 26.0 Å². The average Bonchev–Trinajstić information content (AvgIpc) is 3.46. The van der Waals surface area contributed by atoms with E-state index in [0.717, 1.165) is 0 Å². The van der Waals surface area contributed by atoms with E-state index in [-0.39, 0.29) is 29.9 Å². The van der Waals surface area contributed by atoms with E-state index >= 15 is 0 Å². The van der Waals surface area contributed by atoms with E-state index in [1.807, 2.05) is 20.8 Å². The number of amides is 3. The van der Waals surface area contributed by atoms with Gasteiger partial charge >= 0.3 is 0 Å². The van der Waals surface area contributed by atoms with Crippen molar-refractivity contribution in [1.82, 2.24) is 25.5 Å². The number of anilines is 3. The van der Waals surface area contributed by atoms with Crippen LogP contribution >= 0.6 is 28.3 Å². The highest BCUT2D eigenvalue weighted by Gasteiger charge is 2.42. The van der Waals surface area contributed by atoms with Crippen molar-refractivity contribution in [1.29, 1.82) is 0 Å². The van der Waals surface area contributed by atoms with Crippen molar-refractivity contribution in [3.05, 3.63) is 46.9 Å². The molecule has 0 spiro atoms. The lowest BCUT2D eigenvalue weighted by atomic mass is 9.85. The zero-order valence-corrected chi connectivity index (χ0v) is 27.9. The standard InChI is InChI=1S/C30H37BrFN7O4.ClH/c1-16(33-5)27(40)38-25(30(2,3)4)29(42)39-11-7-8-23(39)28(41)37-22-13-18-21(14-24(22)43-6)34-15-35-26(18)36-20-10-9-17(31)12-19(20)32;/h9-10,12-16,23,25,33H,7-8,11H2,1-6H3,(H,37,41)(H,38,40)(H,34,35,36);1H. The lowest BCUT2D eigenvalue weighted by Gasteiger charge is -2.36. The molecule has 4 rings (SSSR count). The van der Waals surface area contributed by atoms with Crippen LogP contribution in [0.5, 0.6) is 5.75 Å². The molecular weight excluding hydrogens is 657 g/mol. The minimum absolute atomic E-state index is 0. The molecule has 3 unspecified atom stereocenters. The minimum Gasteiger partial charge on any atom is -0.494 e. The maximum atomic E-state index is 14.6. The Bertz CT molecular complexity index is 1540. The summed E-state index contributed by atoms with van der Waals surface area (Å²) >= 11 is 3.25. The van der Waals surface area contributed by atoms with Crippen molar-refractivity contribution in [2.45, 2.75) is 58.7 Å². The van der Waals surface area contributed by atoms with Crippen molar-refractivity contribution in [3.63, 3.8) is 0 Å². The van der Waals surface area contributed by atoms with Gasteiger partial charge in [-0.3, -0.25) is 14.4 Å². The van der Waals surface area contributed by atoms with Crippen LogP contribution in [0, 0.1) is 11.2 Å². The largest absolute Gasteiger partial charge is 0.494 e. The van der Waals surface area contributed by atoms with Gasteiger partial charge in [0.25, 0.3) is 0 Å². The molecule has 1 aliphatic rings. The molecule has 1 saturated heterocycles. The second-order valence-electron chi connectivity index (χ2n) is 11.5. The molecule has 44 heavy (non-hydrogen) atoms. The van der Waals surface area contributed by atoms with Gasteiger partial charge in [0.15, 0.2) is 0 Å². The number of likely N-dealkylation sites (tertiary alicyclic amines) is 1. The average molecular weight is 695 g/mol. The van der Waals surface area contributed by atoms with Crippen LogP contribution in [0.15, 0.2) is 41.1 Å². The molecule has 14 heteroatoms. The number of ether oxygens (including phenoxy) is 1. The predicted octanol–water partition coefficient (Wildman–Crippen LogP) is 4.77. The maximum Gasteiger partial charge on any atom is 0.247 e. The summed E-state index contributed by atoms with van der Waals surface area (Å²) in [7, 11) is 3.15. The number of likely N-dealkylation sites (N-methyl/N-ethyl adjacent to an activating group) is 1. The van der Waals surface area contributed by atoms with Crippen LogP contribution in [0.2, 0.25) is 0 Å². The number of methoxy groups -OCH3 is 1. The van der Waals surface area contributed by atoms with E-state index in [0.29, 0.717) is 52.0 Å². The number of nitrogens with one attached hydrogen (secondary N) is 4. The Labute approximate surface area is 270 Å². The molecule has 4 N–H and O–H groups in total. The quantitative estimate of drug-likeness (QED) is 0.252. The molecule has 3 amide bonds. The van der Waals surface area contributed by atoms with E-state index in [1.165, 1.54) is 24.4 Å². The Morgan fingerprint density at radius 3 is 2.50 bits per heavy atom. The number of rotatable bonds is 9. The summed E-state index contributed by atoms with van der Waals surface area (Å²) in [4.78, 5) is 50.3. The molecule has 2 heterocycles. The highest BCUT2D eigenvalue weighted by atomic mass is 79.9. The van der Waals surface area contributed by atoms with Gasteiger partial charge in [-0.25, -0.2) is 14.4 Å². The van der Waals surface area contributed by atoms with Crippen LogP contribution in [0.4, 0.5) is 21.6 Å². The van der Waals surface area contributed by atoms with Gasteiger partial charge in [-0.1, -0.05) is 36.7 Å². The van der Waals surface area contributed by atoms with Crippen LogP contribution in [0.25, 0.3) is 10.9 Å². The maximum absolute atomic E-state index is 14.6. The third kappa shape index (κ3) is 7.74. The van der Waals surface area contributed by atoms with Crippen LogP contribution in [0.3, 0.4) is 0 Å². The first-order valence-electron chi connectivity index (χ1n) is 14.0. The van der Waals surface area contributed by atoms with Gasteiger partial charge in [0.05, 0.1) is 30.0 Å². The third-order valence-electron chi connectivity index (χ3n) is 7.46. The summed E-state index contributed by atoms with van der Waals surface area (Å²) in [5.41, 5.74) is 0.483. The Balaban J connectivity index is 0.00000529. The van der Waals surface area contributed by atoms with Crippen LogP contribution in [-0.4, -0.2) is 71.4 Å². The third-order valence-corrected chi connectivity index (χ3v) is 7.96. The molecule has 1 aromatic heterocycles. The van der Waals surface area contributed by atoms with Crippen molar-refractivity contribution < 1.29 is 23.5 Å². The molecule has 1 fully saturated rings. The smallest absolute Gasteiger partial charge is 0.247 e. The number of benzene rings is 2.